The lowest BCUT2D eigenvalue weighted by Gasteiger charge is -2.28. The molecule has 6 rings (SSSR count). The normalized spacial score (nSPS) is 14.3. The summed E-state index contributed by atoms with van der Waals surface area (Å²) in [6, 6.07) is 17.9. The molecule has 2 aliphatic heterocycles. The molecule has 1 amide bonds. The fourth-order valence-corrected chi connectivity index (χ4v) is 4.41. The molecule has 0 saturated heterocycles. The molecule has 0 spiro atoms. The smallest absolute Gasteiger partial charge is 0.231 e. The van der Waals surface area contributed by atoms with Gasteiger partial charge in [0, 0.05) is 32.5 Å². The first-order valence-corrected chi connectivity index (χ1v) is 11.4. The van der Waals surface area contributed by atoms with Gasteiger partial charge in [-0.25, -0.2) is 0 Å². The van der Waals surface area contributed by atoms with Crippen LogP contribution in [0.4, 0.5) is 5.82 Å². The molecule has 1 N–H and O–H groups in total. The number of nitrogens with one attached hydrogen (secondary N) is 1. The van der Waals surface area contributed by atoms with Gasteiger partial charge in [0.15, 0.2) is 23.0 Å². The van der Waals surface area contributed by atoms with Crippen LogP contribution in [-0.4, -0.2) is 44.0 Å². The highest BCUT2D eigenvalue weighted by atomic mass is 16.7. The third-order valence-corrected chi connectivity index (χ3v) is 6.28. The number of anilines is 1. The van der Waals surface area contributed by atoms with Crippen molar-refractivity contribution in [3.8, 4) is 11.5 Å². The summed E-state index contributed by atoms with van der Waals surface area (Å²) in [5, 5.41) is 16.4. The van der Waals surface area contributed by atoms with E-state index in [4.69, 9.17) is 9.47 Å². The largest absolute Gasteiger partial charge is 0.454 e. The summed E-state index contributed by atoms with van der Waals surface area (Å²) < 4.78 is 12.5. The Morgan fingerprint density at radius 3 is 2.82 bits per heavy atom. The lowest BCUT2D eigenvalue weighted by Crippen LogP contribution is -2.36. The molecule has 2 aliphatic rings. The molecular formula is C25H24N6O3. The van der Waals surface area contributed by atoms with Gasteiger partial charge in [-0.2, -0.15) is 4.52 Å². The Morgan fingerprint density at radius 2 is 1.88 bits per heavy atom. The number of nitrogens with zero attached hydrogens (tertiary/aromatic N) is 5. The number of fused-ring (bicyclic) bond motifs is 3. The molecule has 2 aromatic carbocycles. The predicted octanol–water partition coefficient (Wildman–Crippen LogP) is 2.98. The average Bonchev–Trinajstić information content (AvgIpc) is 3.52. The first-order chi connectivity index (χ1) is 16.7. The van der Waals surface area contributed by atoms with Crippen LogP contribution in [0, 0.1) is 0 Å². The van der Waals surface area contributed by atoms with Gasteiger partial charge in [-0.3, -0.25) is 4.79 Å². The van der Waals surface area contributed by atoms with Gasteiger partial charge >= 0.3 is 0 Å². The van der Waals surface area contributed by atoms with E-state index < -0.39 is 0 Å². The van der Waals surface area contributed by atoms with Crippen molar-refractivity contribution in [3.05, 3.63) is 77.1 Å². The van der Waals surface area contributed by atoms with E-state index in [0.29, 0.717) is 43.2 Å². The van der Waals surface area contributed by atoms with E-state index in [1.54, 1.807) is 4.52 Å². The quantitative estimate of drug-likeness (QED) is 0.477. The van der Waals surface area contributed by atoms with Crippen LogP contribution in [0.25, 0.3) is 5.65 Å². The van der Waals surface area contributed by atoms with Crippen molar-refractivity contribution in [3.63, 3.8) is 0 Å². The standard InChI is InChI=1S/C25H24N6O3/c32-25(30-12-11-18-3-1-2-4-19(18)15-30)10-9-24-28-27-23-8-7-22(29-31(23)24)26-14-17-5-6-20-21(13-17)34-16-33-20/h1-8,13H,9-12,14-16H2,(H,26,29). The summed E-state index contributed by atoms with van der Waals surface area (Å²) >= 11 is 0. The number of amides is 1. The zero-order valence-corrected chi connectivity index (χ0v) is 18.6. The molecule has 4 heterocycles. The molecule has 34 heavy (non-hydrogen) atoms. The number of benzene rings is 2. The van der Waals surface area contributed by atoms with E-state index in [9.17, 15) is 4.79 Å². The van der Waals surface area contributed by atoms with E-state index in [1.807, 2.05) is 41.3 Å². The Kier molecular flexibility index (Phi) is 5.21. The van der Waals surface area contributed by atoms with Gasteiger partial charge in [-0.1, -0.05) is 30.3 Å². The third kappa shape index (κ3) is 4.00. The van der Waals surface area contributed by atoms with Crippen LogP contribution in [0.1, 0.15) is 28.9 Å². The fourth-order valence-electron chi connectivity index (χ4n) is 4.41. The van der Waals surface area contributed by atoms with Crippen molar-refractivity contribution < 1.29 is 14.3 Å². The van der Waals surface area contributed by atoms with E-state index in [1.165, 1.54) is 11.1 Å². The van der Waals surface area contributed by atoms with Crippen molar-refractivity contribution >= 4 is 17.4 Å². The molecule has 0 atom stereocenters. The summed E-state index contributed by atoms with van der Waals surface area (Å²) in [5.41, 5.74) is 4.28. The first-order valence-electron chi connectivity index (χ1n) is 11.4. The van der Waals surface area contributed by atoms with E-state index in [2.05, 4.69) is 38.8 Å². The number of aromatic nitrogens is 4. The summed E-state index contributed by atoms with van der Waals surface area (Å²) in [6.07, 6.45) is 1.76. The van der Waals surface area contributed by atoms with Gasteiger partial charge in [-0.05, 0) is 47.4 Å². The van der Waals surface area contributed by atoms with Gasteiger partial charge in [0.05, 0.1) is 0 Å². The van der Waals surface area contributed by atoms with Gasteiger partial charge in [0.25, 0.3) is 0 Å². The van der Waals surface area contributed by atoms with Crippen LogP contribution >= 0.6 is 0 Å². The zero-order chi connectivity index (χ0) is 22.9. The Bertz CT molecular complexity index is 1370. The molecule has 4 aromatic rings. The minimum atomic E-state index is 0.128. The Hall–Kier alpha value is -4.14. The second-order valence-corrected chi connectivity index (χ2v) is 8.48. The van der Waals surface area contributed by atoms with Crippen molar-refractivity contribution in [2.75, 3.05) is 18.7 Å². The molecule has 9 nitrogen and oxygen atoms in total. The van der Waals surface area contributed by atoms with Crippen LogP contribution in [0.5, 0.6) is 11.5 Å². The highest BCUT2D eigenvalue weighted by Crippen LogP contribution is 2.32. The monoisotopic (exact) mass is 456 g/mol. The summed E-state index contributed by atoms with van der Waals surface area (Å²) in [6.45, 7) is 2.26. The van der Waals surface area contributed by atoms with Crippen LogP contribution in [0.3, 0.4) is 0 Å². The lowest BCUT2D eigenvalue weighted by molar-refractivity contribution is -0.132. The summed E-state index contributed by atoms with van der Waals surface area (Å²) in [7, 11) is 0. The second kappa shape index (κ2) is 8.66. The number of rotatable bonds is 6. The molecular weight excluding hydrogens is 432 g/mol. The topological polar surface area (TPSA) is 93.9 Å². The van der Waals surface area contributed by atoms with Crippen molar-refractivity contribution in [2.45, 2.75) is 32.4 Å². The Labute approximate surface area is 196 Å². The molecule has 0 aliphatic carbocycles. The number of hydrogen-bond donors (Lipinski definition) is 1. The van der Waals surface area contributed by atoms with Crippen molar-refractivity contribution in [2.24, 2.45) is 0 Å². The van der Waals surface area contributed by atoms with Crippen LogP contribution in [-0.2, 0) is 30.7 Å². The minimum Gasteiger partial charge on any atom is -0.454 e. The maximum atomic E-state index is 12.9. The predicted molar refractivity (Wildman–Crippen MR) is 125 cm³/mol. The Morgan fingerprint density at radius 1 is 1.00 bits per heavy atom. The van der Waals surface area contributed by atoms with E-state index in [0.717, 1.165) is 30.0 Å². The number of ether oxygens (including phenoxy) is 2. The van der Waals surface area contributed by atoms with E-state index >= 15 is 0 Å². The molecule has 9 heteroatoms. The van der Waals surface area contributed by atoms with E-state index in [-0.39, 0.29) is 12.7 Å². The zero-order valence-electron chi connectivity index (χ0n) is 18.6. The number of carbonyl (C=O) groups is 1. The highest BCUT2D eigenvalue weighted by molar-refractivity contribution is 5.76. The molecule has 0 unspecified atom stereocenters. The maximum absolute atomic E-state index is 12.9. The summed E-state index contributed by atoms with van der Waals surface area (Å²) in [5.74, 6) is 3.02. The van der Waals surface area contributed by atoms with Gasteiger partial charge in [0.1, 0.15) is 5.82 Å². The lowest BCUT2D eigenvalue weighted by atomic mass is 9.99. The minimum absolute atomic E-state index is 0.128. The number of hydrogen-bond acceptors (Lipinski definition) is 7. The SMILES string of the molecule is O=C(CCc1nnc2ccc(NCc3ccc4c(c3)OCO4)nn12)N1CCc2ccccc2C1. The highest BCUT2D eigenvalue weighted by Gasteiger charge is 2.21. The molecule has 0 bridgehead atoms. The number of carbonyl (C=O) groups excluding carboxylic acids is 1. The molecule has 0 fully saturated rings. The fraction of sp³-hybridized carbons (Fsp3) is 0.280. The molecule has 0 radical (unpaired) electrons. The van der Waals surface area contributed by atoms with Crippen LogP contribution < -0.4 is 14.8 Å². The van der Waals surface area contributed by atoms with Crippen LogP contribution in [0.15, 0.2) is 54.6 Å². The molecule has 172 valence electrons. The number of aryl methyl sites for hydroxylation is 1. The van der Waals surface area contributed by atoms with Gasteiger partial charge in [-0.15, -0.1) is 15.3 Å². The van der Waals surface area contributed by atoms with Crippen molar-refractivity contribution in [1.29, 1.82) is 0 Å². The molecule has 0 saturated carbocycles. The average molecular weight is 457 g/mol. The van der Waals surface area contributed by atoms with Gasteiger partial charge in [0.2, 0.25) is 12.7 Å². The van der Waals surface area contributed by atoms with Crippen LogP contribution in [0.2, 0.25) is 0 Å². The second-order valence-electron chi connectivity index (χ2n) is 8.48. The van der Waals surface area contributed by atoms with Gasteiger partial charge < -0.3 is 19.7 Å². The van der Waals surface area contributed by atoms with Crippen molar-refractivity contribution in [1.82, 2.24) is 24.7 Å². The summed E-state index contributed by atoms with van der Waals surface area (Å²) in [4.78, 5) is 14.8. The third-order valence-electron chi connectivity index (χ3n) is 6.28. The first kappa shape index (κ1) is 20.5. The Balaban J connectivity index is 1.10. The molecule has 2 aromatic heterocycles. The maximum Gasteiger partial charge on any atom is 0.231 e.